The van der Waals surface area contributed by atoms with E-state index in [9.17, 15) is 45.0 Å². The zero-order valence-electron chi connectivity index (χ0n) is 13.3. The molecule has 148 valence electrons. The molecule has 4 unspecified atom stereocenters. The number of esters is 1. The molecule has 0 aromatic carbocycles. The molecule has 0 spiro atoms. The summed E-state index contributed by atoms with van der Waals surface area (Å²) < 4.78 is 114. The number of carbonyl (C=O) groups is 1. The molecule has 25 heavy (non-hydrogen) atoms. The Hall–Kier alpha value is -1.17. The molecule has 1 aliphatic rings. The highest BCUT2D eigenvalue weighted by atomic mass is 19.4. The van der Waals surface area contributed by atoms with Crippen molar-refractivity contribution in [2.75, 3.05) is 0 Å². The number of aliphatic hydroxyl groups is 1. The monoisotopic (exact) mass is 388 g/mol. The molecular formula is C13H16F8O4. The topological polar surface area (TPSA) is 55.8 Å². The second-order valence-electron chi connectivity index (χ2n) is 6.03. The lowest BCUT2D eigenvalue weighted by Crippen LogP contribution is -2.74. The largest absolute Gasteiger partial charge is 0.455 e. The summed E-state index contributed by atoms with van der Waals surface area (Å²) in [5.74, 6) is -13.3. The molecule has 1 saturated heterocycles. The van der Waals surface area contributed by atoms with Crippen molar-refractivity contribution in [2.24, 2.45) is 5.92 Å². The maximum Gasteiger partial charge on any atom is 0.449 e. The van der Waals surface area contributed by atoms with Gasteiger partial charge in [0, 0.05) is 6.42 Å². The standard InChI is InChI=1S/C13H16F8O4/c1-4-6(2)8(22)24-7-5-9(3,12(16,17)18)25-11(23,10(7,14)15)13(19,20)21/h6-7,23H,4-5H2,1-3H3. The van der Waals surface area contributed by atoms with Gasteiger partial charge < -0.3 is 14.6 Å². The third kappa shape index (κ3) is 3.55. The summed E-state index contributed by atoms with van der Waals surface area (Å²) in [6.07, 6.45) is -16.8. The zero-order chi connectivity index (χ0) is 20.1. The van der Waals surface area contributed by atoms with Crippen molar-refractivity contribution in [3.8, 4) is 0 Å². The molecule has 1 rings (SSSR count). The van der Waals surface area contributed by atoms with Gasteiger partial charge in [-0.2, -0.15) is 35.1 Å². The summed E-state index contributed by atoms with van der Waals surface area (Å²) in [5.41, 5.74) is -3.82. The molecule has 1 N–H and O–H groups in total. The number of rotatable bonds is 3. The van der Waals surface area contributed by atoms with Crippen LogP contribution in [0.2, 0.25) is 0 Å². The van der Waals surface area contributed by atoms with Crippen molar-refractivity contribution >= 4 is 5.97 Å². The van der Waals surface area contributed by atoms with Crippen LogP contribution in [0.3, 0.4) is 0 Å². The Labute approximate surface area is 137 Å². The van der Waals surface area contributed by atoms with Crippen molar-refractivity contribution in [3.63, 3.8) is 0 Å². The van der Waals surface area contributed by atoms with E-state index in [0.717, 1.165) is 0 Å². The first-order chi connectivity index (χ1) is 10.9. The Morgan fingerprint density at radius 2 is 1.72 bits per heavy atom. The van der Waals surface area contributed by atoms with Gasteiger partial charge in [-0.25, -0.2) is 0 Å². The number of ether oxygens (including phenoxy) is 2. The van der Waals surface area contributed by atoms with E-state index in [0.29, 0.717) is 0 Å². The van der Waals surface area contributed by atoms with Crippen molar-refractivity contribution < 1.29 is 54.5 Å². The molecule has 4 nitrogen and oxygen atoms in total. The molecule has 0 radical (unpaired) electrons. The van der Waals surface area contributed by atoms with E-state index in [-0.39, 0.29) is 13.3 Å². The highest BCUT2D eigenvalue weighted by molar-refractivity contribution is 5.72. The molecule has 0 aromatic rings. The lowest BCUT2D eigenvalue weighted by atomic mass is 9.85. The predicted octanol–water partition coefficient (Wildman–Crippen LogP) is 3.57. The summed E-state index contributed by atoms with van der Waals surface area (Å²) in [4.78, 5) is 11.6. The average molecular weight is 388 g/mol. The first-order valence-electron chi connectivity index (χ1n) is 7.07. The second kappa shape index (κ2) is 6.22. The number of alkyl halides is 8. The van der Waals surface area contributed by atoms with Gasteiger partial charge in [-0.1, -0.05) is 13.8 Å². The Morgan fingerprint density at radius 3 is 2.08 bits per heavy atom. The Bertz CT molecular complexity index is 517. The van der Waals surface area contributed by atoms with Crippen LogP contribution in [-0.4, -0.2) is 46.8 Å². The van der Waals surface area contributed by atoms with Crippen LogP contribution >= 0.6 is 0 Å². The van der Waals surface area contributed by atoms with E-state index < -0.39 is 54.1 Å². The molecule has 0 aromatic heterocycles. The normalized spacial score (nSPS) is 34.5. The molecule has 12 heteroatoms. The summed E-state index contributed by atoms with van der Waals surface area (Å²) in [6, 6.07) is 0. The molecular weight excluding hydrogens is 372 g/mol. The third-order valence-corrected chi connectivity index (χ3v) is 4.06. The van der Waals surface area contributed by atoms with Crippen molar-refractivity contribution in [3.05, 3.63) is 0 Å². The first-order valence-corrected chi connectivity index (χ1v) is 7.07. The fourth-order valence-electron chi connectivity index (χ4n) is 2.10. The summed E-state index contributed by atoms with van der Waals surface area (Å²) in [6.45, 7) is 2.68. The molecule has 0 bridgehead atoms. The predicted molar refractivity (Wildman–Crippen MR) is 65.4 cm³/mol. The van der Waals surface area contributed by atoms with Gasteiger partial charge in [0.1, 0.15) is 0 Å². The minimum absolute atomic E-state index is 0.0493. The van der Waals surface area contributed by atoms with Crippen LogP contribution in [0, 0.1) is 5.92 Å². The van der Waals surface area contributed by atoms with Gasteiger partial charge in [-0.05, 0) is 13.3 Å². The molecule has 0 amide bonds. The van der Waals surface area contributed by atoms with Crippen molar-refractivity contribution in [2.45, 2.75) is 69.4 Å². The zero-order valence-corrected chi connectivity index (χ0v) is 13.3. The van der Waals surface area contributed by atoms with E-state index in [1.807, 2.05) is 0 Å². The number of hydrogen-bond acceptors (Lipinski definition) is 4. The summed E-state index contributed by atoms with van der Waals surface area (Å²) in [5, 5.41) is 9.33. The summed E-state index contributed by atoms with van der Waals surface area (Å²) in [7, 11) is 0. The summed E-state index contributed by atoms with van der Waals surface area (Å²) >= 11 is 0. The van der Waals surface area contributed by atoms with Crippen LogP contribution in [0.4, 0.5) is 35.1 Å². The van der Waals surface area contributed by atoms with Crippen LogP contribution in [0.25, 0.3) is 0 Å². The van der Waals surface area contributed by atoms with E-state index in [1.54, 1.807) is 0 Å². The van der Waals surface area contributed by atoms with E-state index in [4.69, 9.17) is 0 Å². The first kappa shape index (κ1) is 21.9. The Balaban J connectivity index is 3.41. The number of halogens is 8. The van der Waals surface area contributed by atoms with E-state index >= 15 is 0 Å². The van der Waals surface area contributed by atoms with E-state index in [2.05, 4.69) is 9.47 Å². The fraction of sp³-hybridized carbons (Fsp3) is 0.923. The highest BCUT2D eigenvalue weighted by Gasteiger charge is 2.81. The quantitative estimate of drug-likeness (QED) is 0.593. The number of carbonyl (C=O) groups excluding carboxylic acids is 1. The second-order valence-corrected chi connectivity index (χ2v) is 6.03. The SMILES string of the molecule is CCC(C)C(=O)OC1CC(C)(C(F)(F)F)OC(O)(C(F)(F)F)C1(F)F. The highest BCUT2D eigenvalue weighted by Crippen LogP contribution is 2.56. The molecule has 0 aliphatic carbocycles. The molecule has 1 aliphatic heterocycles. The van der Waals surface area contributed by atoms with Crippen LogP contribution in [0.1, 0.15) is 33.6 Å². The Morgan fingerprint density at radius 1 is 1.24 bits per heavy atom. The van der Waals surface area contributed by atoms with Crippen LogP contribution in [-0.2, 0) is 14.3 Å². The van der Waals surface area contributed by atoms with Gasteiger partial charge in [0.15, 0.2) is 11.7 Å². The van der Waals surface area contributed by atoms with Crippen LogP contribution < -0.4 is 0 Å². The molecule has 0 saturated carbocycles. The molecule has 4 atom stereocenters. The third-order valence-electron chi connectivity index (χ3n) is 4.06. The maximum atomic E-state index is 14.1. The van der Waals surface area contributed by atoms with Gasteiger partial charge in [0.2, 0.25) is 0 Å². The van der Waals surface area contributed by atoms with Crippen molar-refractivity contribution in [1.82, 2.24) is 0 Å². The van der Waals surface area contributed by atoms with Crippen LogP contribution in [0.5, 0.6) is 0 Å². The maximum absolute atomic E-state index is 14.1. The van der Waals surface area contributed by atoms with Gasteiger partial charge in [0.25, 0.3) is 0 Å². The lowest BCUT2D eigenvalue weighted by Gasteiger charge is -2.50. The lowest BCUT2D eigenvalue weighted by molar-refractivity contribution is -0.501. The van der Waals surface area contributed by atoms with Crippen LogP contribution in [0.15, 0.2) is 0 Å². The van der Waals surface area contributed by atoms with Gasteiger partial charge in [-0.15, -0.1) is 0 Å². The minimum Gasteiger partial charge on any atom is -0.455 e. The Kier molecular flexibility index (Phi) is 5.44. The van der Waals surface area contributed by atoms with E-state index in [1.165, 1.54) is 13.8 Å². The molecule has 1 heterocycles. The average Bonchev–Trinajstić information content (AvgIpc) is 2.41. The van der Waals surface area contributed by atoms with Gasteiger partial charge in [0.05, 0.1) is 5.92 Å². The minimum atomic E-state index is -6.29. The van der Waals surface area contributed by atoms with Gasteiger partial charge >= 0.3 is 30.0 Å². The smallest absolute Gasteiger partial charge is 0.449 e. The fourth-order valence-corrected chi connectivity index (χ4v) is 2.10. The van der Waals surface area contributed by atoms with Gasteiger partial charge in [-0.3, -0.25) is 4.79 Å². The number of hydrogen-bond donors (Lipinski definition) is 1. The molecule has 1 fully saturated rings. The van der Waals surface area contributed by atoms with Crippen molar-refractivity contribution in [1.29, 1.82) is 0 Å².